The van der Waals surface area contributed by atoms with Gasteiger partial charge >= 0.3 is 0 Å². The molecule has 0 saturated carbocycles. The third-order valence-electron chi connectivity index (χ3n) is 4.35. The zero-order chi connectivity index (χ0) is 18.8. The molecule has 1 atom stereocenters. The van der Waals surface area contributed by atoms with Crippen LogP contribution in [-0.2, 0) is 11.3 Å². The van der Waals surface area contributed by atoms with Gasteiger partial charge in [-0.1, -0.05) is 13.0 Å². The standard InChI is InChI=1S/C20H33N3O3/c1-5-10-26-18-8-7-16(12-19(18)24-4)13-22-20(21-6-2)23(3)14-17-9-11-25-15-17/h7-8,12,17H,5-6,9-11,13-15H2,1-4H3,(H,21,22). The van der Waals surface area contributed by atoms with Crippen LogP contribution in [0.4, 0.5) is 0 Å². The third kappa shape index (κ3) is 6.09. The van der Waals surface area contributed by atoms with E-state index in [9.17, 15) is 0 Å². The first kappa shape index (κ1) is 20.4. The summed E-state index contributed by atoms with van der Waals surface area (Å²) in [6, 6.07) is 6.01. The maximum Gasteiger partial charge on any atom is 0.193 e. The van der Waals surface area contributed by atoms with Crippen molar-refractivity contribution in [3.8, 4) is 11.5 Å². The van der Waals surface area contributed by atoms with Crippen LogP contribution < -0.4 is 14.8 Å². The summed E-state index contributed by atoms with van der Waals surface area (Å²) in [5.41, 5.74) is 1.10. The van der Waals surface area contributed by atoms with Crippen molar-refractivity contribution in [3.05, 3.63) is 23.8 Å². The summed E-state index contributed by atoms with van der Waals surface area (Å²) in [6.07, 6.45) is 2.10. The maximum atomic E-state index is 5.72. The Hall–Kier alpha value is -1.95. The molecule has 0 bridgehead atoms. The highest BCUT2D eigenvalue weighted by Crippen LogP contribution is 2.28. The van der Waals surface area contributed by atoms with Crippen LogP contribution in [0.25, 0.3) is 0 Å². The summed E-state index contributed by atoms with van der Waals surface area (Å²) in [6.45, 7) is 8.98. The Kier molecular flexibility index (Phi) is 8.54. The number of aliphatic imine (C=N–C) groups is 1. The minimum atomic E-state index is 0.582. The predicted octanol–water partition coefficient (Wildman–Crippen LogP) is 2.92. The van der Waals surface area contributed by atoms with E-state index in [2.05, 4.69) is 31.1 Å². The van der Waals surface area contributed by atoms with Gasteiger partial charge in [0.1, 0.15) is 0 Å². The number of hydrogen-bond acceptors (Lipinski definition) is 4. The Morgan fingerprint density at radius 3 is 2.85 bits per heavy atom. The minimum Gasteiger partial charge on any atom is -0.493 e. The van der Waals surface area contributed by atoms with Crippen LogP contribution in [0.5, 0.6) is 11.5 Å². The van der Waals surface area contributed by atoms with Crippen LogP contribution in [0.1, 0.15) is 32.3 Å². The number of hydrogen-bond donors (Lipinski definition) is 1. The topological polar surface area (TPSA) is 55.3 Å². The zero-order valence-electron chi connectivity index (χ0n) is 16.6. The van der Waals surface area contributed by atoms with E-state index < -0.39 is 0 Å². The first-order chi connectivity index (χ1) is 12.7. The fourth-order valence-corrected chi connectivity index (χ4v) is 2.98. The molecule has 1 aliphatic rings. The Balaban J connectivity index is 2.02. The first-order valence-electron chi connectivity index (χ1n) is 9.54. The number of rotatable bonds is 9. The number of guanidine groups is 1. The lowest BCUT2D eigenvalue weighted by Gasteiger charge is -2.24. The number of methoxy groups -OCH3 is 1. The van der Waals surface area contributed by atoms with Gasteiger partial charge in [0.15, 0.2) is 17.5 Å². The highest BCUT2D eigenvalue weighted by Gasteiger charge is 2.19. The van der Waals surface area contributed by atoms with Crippen LogP contribution >= 0.6 is 0 Å². The third-order valence-corrected chi connectivity index (χ3v) is 4.35. The van der Waals surface area contributed by atoms with E-state index in [0.717, 1.165) is 62.2 Å². The lowest BCUT2D eigenvalue weighted by molar-refractivity contribution is 0.181. The summed E-state index contributed by atoms with van der Waals surface area (Å²) in [4.78, 5) is 6.98. The molecule has 0 radical (unpaired) electrons. The van der Waals surface area contributed by atoms with Crippen LogP contribution in [-0.4, -0.2) is 57.9 Å². The SMILES string of the molecule is CCCOc1ccc(CN=C(NCC)N(C)CC2CCOC2)cc1OC. The van der Waals surface area contributed by atoms with Crippen LogP contribution in [0.2, 0.25) is 0 Å². The molecule has 1 N–H and O–H groups in total. The Labute approximate surface area is 157 Å². The van der Waals surface area contributed by atoms with Crippen molar-refractivity contribution >= 4 is 5.96 Å². The average molecular weight is 364 g/mol. The largest absolute Gasteiger partial charge is 0.493 e. The Bertz CT molecular complexity index is 571. The molecule has 146 valence electrons. The van der Waals surface area contributed by atoms with Gasteiger partial charge in [-0.15, -0.1) is 0 Å². The molecule has 1 fully saturated rings. The molecule has 0 amide bonds. The second kappa shape index (κ2) is 10.9. The quantitative estimate of drug-likeness (QED) is 0.540. The smallest absolute Gasteiger partial charge is 0.193 e. The van der Waals surface area contributed by atoms with Gasteiger partial charge in [0.2, 0.25) is 0 Å². The van der Waals surface area contributed by atoms with Gasteiger partial charge < -0.3 is 24.4 Å². The summed E-state index contributed by atoms with van der Waals surface area (Å²) in [5, 5.41) is 3.37. The van der Waals surface area contributed by atoms with Crippen molar-refractivity contribution in [2.75, 3.05) is 47.1 Å². The summed E-state index contributed by atoms with van der Waals surface area (Å²) < 4.78 is 16.7. The van der Waals surface area contributed by atoms with Gasteiger partial charge in [-0.25, -0.2) is 4.99 Å². The minimum absolute atomic E-state index is 0.582. The van der Waals surface area contributed by atoms with E-state index in [4.69, 9.17) is 19.2 Å². The molecule has 0 aliphatic carbocycles. The fourth-order valence-electron chi connectivity index (χ4n) is 2.98. The molecule has 0 aromatic heterocycles. The summed E-state index contributed by atoms with van der Waals surface area (Å²) in [5.74, 6) is 3.04. The zero-order valence-corrected chi connectivity index (χ0v) is 16.6. The average Bonchev–Trinajstić information content (AvgIpc) is 3.16. The normalized spacial score (nSPS) is 17.2. The molecule has 6 heteroatoms. The molecule has 0 spiro atoms. The van der Waals surface area contributed by atoms with Gasteiger partial charge in [0.05, 0.1) is 26.9 Å². The van der Waals surface area contributed by atoms with Crippen LogP contribution in [0.15, 0.2) is 23.2 Å². The lowest BCUT2D eigenvalue weighted by atomic mass is 10.1. The first-order valence-corrected chi connectivity index (χ1v) is 9.54. The van der Waals surface area contributed by atoms with E-state index in [0.29, 0.717) is 19.1 Å². The van der Waals surface area contributed by atoms with Gasteiger partial charge in [0, 0.05) is 32.7 Å². The summed E-state index contributed by atoms with van der Waals surface area (Å²) in [7, 11) is 3.75. The monoisotopic (exact) mass is 363 g/mol. The second-order valence-electron chi connectivity index (χ2n) is 6.61. The highest BCUT2D eigenvalue weighted by molar-refractivity contribution is 5.79. The van der Waals surface area contributed by atoms with Crippen molar-refractivity contribution < 1.29 is 14.2 Å². The molecule has 26 heavy (non-hydrogen) atoms. The maximum absolute atomic E-state index is 5.72. The molecule has 1 aromatic rings. The van der Waals surface area contributed by atoms with Crippen LogP contribution in [0.3, 0.4) is 0 Å². The van der Waals surface area contributed by atoms with Crippen molar-refractivity contribution in [3.63, 3.8) is 0 Å². The molecule has 1 aromatic carbocycles. The molecule has 6 nitrogen and oxygen atoms in total. The van der Waals surface area contributed by atoms with E-state index in [-0.39, 0.29) is 0 Å². The molecule has 1 heterocycles. The number of nitrogens with one attached hydrogen (secondary N) is 1. The van der Waals surface area contributed by atoms with E-state index in [1.807, 2.05) is 18.2 Å². The molecule has 1 unspecified atom stereocenters. The molecular formula is C20H33N3O3. The number of nitrogens with zero attached hydrogens (tertiary/aromatic N) is 2. The summed E-state index contributed by atoms with van der Waals surface area (Å²) >= 11 is 0. The second-order valence-corrected chi connectivity index (χ2v) is 6.61. The van der Waals surface area contributed by atoms with Gasteiger partial charge in [0.25, 0.3) is 0 Å². The molecular weight excluding hydrogens is 330 g/mol. The number of ether oxygens (including phenoxy) is 3. The molecule has 1 saturated heterocycles. The van der Waals surface area contributed by atoms with Gasteiger partial charge in [-0.3, -0.25) is 0 Å². The lowest BCUT2D eigenvalue weighted by Crippen LogP contribution is -2.41. The highest BCUT2D eigenvalue weighted by atomic mass is 16.5. The number of benzene rings is 1. The predicted molar refractivity (Wildman–Crippen MR) is 105 cm³/mol. The van der Waals surface area contributed by atoms with E-state index in [1.165, 1.54) is 0 Å². The van der Waals surface area contributed by atoms with Gasteiger partial charge in [-0.05, 0) is 37.5 Å². The van der Waals surface area contributed by atoms with Crippen LogP contribution in [0, 0.1) is 5.92 Å². The van der Waals surface area contributed by atoms with Gasteiger partial charge in [-0.2, -0.15) is 0 Å². The van der Waals surface area contributed by atoms with Crippen molar-refractivity contribution in [1.82, 2.24) is 10.2 Å². The van der Waals surface area contributed by atoms with E-state index in [1.54, 1.807) is 7.11 Å². The van der Waals surface area contributed by atoms with Crippen molar-refractivity contribution in [1.29, 1.82) is 0 Å². The van der Waals surface area contributed by atoms with Crippen molar-refractivity contribution in [2.24, 2.45) is 10.9 Å². The van der Waals surface area contributed by atoms with E-state index >= 15 is 0 Å². The fraction of sp³-hybridized carbons (Fsp3) is 0.650. The van der Waals surface area contributed by atoms with Crippen molar-refractivity contribution in [2.45, 2.75) is 33.2 Å². The Morgan fingerprint density at radius 2 is 2.19 bits per heavy atom. The Morgan fingerprint density at radius 1 is 1.35 bits per heavy atom. The molecule has 1 aliphatic heterocycles. The molecule has 2 rings (SSSR count).